The minimum Gasteiger partial charge on any atom is -0.389 e. The third kappa shape index (κ3) is 19.3. The van der Waals surface area contributed by atoms with E-state index in [2.05, 4.69) is 157 Å². The van der Waals surface area contributed by atoms with Gasteiger partial charge >= 0.3 is 0 Å². The van der Waals surface area contributed by atoms with Gasteiger partial charge in [0, 0.05) is 157 Å². The number of hydrogen-bond donors (Lipinski definition) is 5. The predicted molar refractivity (Wildman–Crippen MR) is 427 cm³/mol. The van der Waals surface area contributed by atoms with Crippen LogP contribution in [0.25, 0.3) is 0 Å². The zero-order valence-electron chi connectivity index (χ0n) is 63.2. The molecule has 3 saturated heterocycles. The van der Waals surface area contributed by atoms with E-state index < -0.39 is 34.9 Å². The van der Waals surface area contributed by atoms with Crippen LogP contribution in [-0.2, 0) is 44.1 Å². The number of nitrogens with two attached hydrogens (primary N) is 1. The SMILES string of the molecule is CC(O)c1ccc(Nc2ncnc(N3CCN(c4ncc([C@@](C)(N)c5ccc(F)cc5)cn4)CC3)n2)cc1.Fc1ccc(Cc2cnc(N3CCN(c4ncnc(Nc5ccc6c(c5)CCCC6)n4)CC3)nc2)c(F)c1.Fc1ccc(Cc2cnc(N3CCN(c4ncnc(Nc5ccc6c(c5)CCCC6)n4)CC3)nc2)cc1F. The Balaban J connectivity index is 0.000000135. The Bertz CT molecular complexity index is 5230. The molecule has 31 heteroatoms. The van der Waals surface area contributed by atoms with Gasteiger partial charge in [-0.3, -0.25) is 0 Å². The molecule has 114 heavy (non-hydrogen) atoms. The van der Waals surface area contributed by atoms with Gasteiger partial charge in [0.25, 0.3) is 0 Å². The standard InChI is InChI=1S/2C28H28F2N8.C27H30FN9O/c29-24-8-5-19(14-25(24)30)13-20-16-31-27(32-17-20)37-9-11-38(12-10-37)28-34-18-33-26(36-28)35-23-7-6-21-3-1-2-4-22(21)15-23;29-23-7-5-22(25(30)15-23)13-19-16-31-27(32-17-19)37-9-11-38(12-10-37)28-34-18-33-26(36-28)35-24-8-6-20-3-1-2-4-21(20)14-24;1-18(38)19-3-9-23(10-4-19)34-24-32-17-33-26(35-24)37-13-11-36(12-14-37)25-30-15-21(16-31-25)27(2,29)20-5-7-22(28)8-6-20/h2*5-8,14-18H,1-4,9-13H2,(H,33,34,35,36);3-10,15-18,38H,11-14,29H2,1-2H3,(H,32,33,34,35)/t;;18?,27-/m..0/s1. The third-order valence-corrected chi connectivity index (χ3v) is 20.9. The lowest BCUT2D eigenvalue weighted by Crippen LogP contribution is -2.47. The van der Waals surface area contributed by atoms with Crippen LogP contribution in [0.15, 0.2) is 177 Å². The molecule has 0 spiro atoms. The molecule has 3 aliphatic heterocycles. The lowest BCUT2D eigenvalue weighted by atomic mass is 9.87. The second-order valence-electron chi connectivity index (χ2n) is 28.9. The number of fused-ring (bicyclic) bond motifs is 2. The highest BCUT2D eigenvalue weighted by molar-refractivity contribution is 5.60. The van der Waals surface area contributed by atoms with E-state index in [9.17, 15) is 27.1 Å². The number of piperazine rings is 3. The van der Waals surface area contributed by atoms with Crippen molar-refractivity contribution in [3.05, 3.63) is 268 Å². The Hall–Kier alpha value is -12.6. The quantitative estimate of drug-likeness (QED) is 0.0470. The molecule has 0 saturated carbocycles. The first-order valence-corrected chi connectivity index (χ1v) is 38.3. The highest BCUT2D eigenvalue weighted by Gasteiger charge is 2.29. The Kier molecular flexibility index (Phi) is 23.8. The van der Waals surface area contributed by atoms with E-state index in [4.69, 9.17) is 5.73 Å². The zero-order chi connectivity index (χ0) is 78.5. The number of rotatable bonds is 19. The molecule has 6 N–H and O–H groups in total. The normalized spacial score (nSPS) is 15.6. The summed E-state index contributed by atoms with van der Waals surface area (Å²) in [7, 11) is 0. The number of hydrogen-bond acceptors (Lipinski definition) is 26. The molecule has 1 unspecified atom stereocenters. The van der Waals surface area contributed by atoms with Crippen molar-refractivity contribution in [1.29, 1.82) is 0 Å². The van der Waals surface area contributed by atoms with Gasteiger partial charge in [0.05, 0.1) is 11.6 Å². The van der Waals surface area contributed by atoms with Gasteiger partial charge in [0.1, 0.15) is 36.4 Å². The van der Waals surface area contributed by atoms with Gasteiger partial charge in [0.2, 0.25) is 53.5 Å². The lowest BCUT2D eigenvalue weighted by molar-refractivity contribution is 0.199. The van der Waals surface area contributed by atoms with Crippen LogP contribution in [0.5, 0.6) is 0 Å². The van der Waals surface area contributed by atoms with E-state index in [1.807, 2.05) is 31.2 Å². The number of halogens is 5. The third-order valence-electron chi connectivity index (χ3n) is 20.9. The topological polar surface area (TPSA) is 295 Å². The maximum absolute atomic E-state index is 14.0. The van der Waals surface area contributed by atoms with Crippen LogP contribution in [0.2, 0.25) is 0 Å². The molecule has 5 aliphatic rings. The van der Waals surface area contributed by atoms with Gasteiger partial charge in [0.15, 0.2) is 11.6 Å². The molecule has 2 atom stereocenters. The highest BCUT2D eigenvalue weighted by atomic mass is 19.2. The Morgan fingerprint density at radius 3 is 1.19 bits per heavy atom. The first kappa shape index (κ1) is 76.7. The van der Waals surface area contributed by atoms with Gasteiger partial charge in [-0.05, 0) is 188 Å². The van der Waals surface area contributed by atoms with Gasteiger partial charge in [-0.25, -0.2) is 81.8 Å². The average molecular weight is 1540 g/mol. The summed E-state index contributed by atoms with van der Waals surface area (Å²) < 4.78 is 67.1. The number of nitrogens with zero attached hydrogens (tertiary/aromatic N) is 21. The molecule has 0 bridgehead atoms. The summed E-state index contributed by atoms with van der Waals surface area (Å²) in [5.41, 5.74) is 19.3. The van der Waals surface area contributed by atoms with Gasteiger partial charge in [-0.15, -0.1) is 0 Å². The summed E-state index contributed by atoms with van der Waals surface area (Å²) >= 11 is 0. The van der Waals surface area contributed by atoms with Gasteiger partial charge < -0.3 is 56.2 Å². The Morgan fingerprint density at radius 2 is 0.763 bits per heavy atom. The molecule has 0 amide bonds. The zero-order valence-corrected chi connectivity index (χ0v) is 63.2. The fourth-order valence-corrected chi connectivity index (χ4v) is 14.4. The van der Waals surface area contributed by atoms with E-state index in [-0.39, 0.29) is 5.82 Å². The maximum atomic E-state index is 14.0. The van der Waals surface area contributed by atoms with Crippen LogP contribution >= 0.6 is 0 Å². The van der Waals surface area contributed by atoms with Crippen molar-refractivity contribution in [2.45, 2.75) is 89.7 Å². The van der Waals surface area contributed by atoms with E-state index in [0.717, 1.165) is 109 Å². The molecule has 12 aromatic rings. The van der Waals surface area contributed by atoms with Crippen molar-refractivity contribution in [2.24, 2.45) is 5.73 Å². The molecule has 9 heterocycles. The fraction of sp³-hybridized carbons (Fsp3) is 0.313. The van der Waals surface area contributed by atoms with Crippen LogP contribution < -0.4 is 51.1 Å². The predicted octanol–water partition coefficient (Wildman–Crippen LogP) is 12.1. The fourth-order valence-electron chi connectivity index (χ4n) is 14.4. The lowest BCUT2D eigenvalue weighted by Gasteiger charge is -2.35. The molecule has 6 aromatic carbocycles. The van der Waals surface area contributed by atoms with Crippen LogP contribution in [0.4, 0.5) is 92.5 Å². The van der Waals surface area contributed by atoms with E-state index >= 15 is 0 Å². The molecule has 2 aliphatic carbocycles. The van der Waals surface area contributed by atoms with Crippen LogP contribution in [0.1, 0.15) is 107 Å². The summed E-state index contributed by atoms with van der Waals surface area (Å²) in [4.78, 5) is 79.7. The van der Waals surface area contributed by atoms with Crippen molar-refractivity contribution in [2.75, 3.05) is 124 Å². The largest absolute Gasteiger partial charge is 0.389 e. The second kappa shape index (κ2) is 35.4. The van der Waals surface area contributed by atoms with Crippen LogP contribution in [0, 0.1) is 29.1 Å². The van der Waals surface area contributed by atoms with Gasteiger partial charge in [-0.2, -0.15) is 15.0 Å². The number of benzene rings is 6. The first-order chi connectivity index (χ1) is 55.5. The summed E-state index contributed by atoms with van der Waals surface area (Å²) in [6, 6.07) is 34.2. The number of aliphatic hydroxyl groups excluding tert-OH is 1. The van der Waals surface area contributed by atoms with Crippen LogP contribution in [-0.4, -0.2) is 158 Å². The number of aliphatic hydroxyl groups is 1. The molecule has 26 nitrogen and oxygen atoms in total. The molecule has 3 fully saturated rings. The average Bonchev–Trinajstić information content (AvgIpc) is 0.829. The number of aromatic nitrogens is 15. The molecule has 17 rings (SSSR count). The summed E-state index contributed by atoms with van der Waals surface area (Å²) in [6.07, 6.45) is 24.7. The smallest absolute Gasteiger partial charge is 0.231 e. The van der Waals surface area contributed by atoms with Crippen molar-refractivity contribution >= 4 is 70.6 Å². The van der Waals surface area contributed by atoms with Crippen molar-refractivity contribution in [1.82, 2.24) is 74.8 Å². The Labute approximate surface area is 656 Å². The van der Waals surface area contributed by atoms with Crippen molar-refractivity contribution in [3.63, 3.8) is 0 Å². The molecule has 6 aromatic heterocycles. The highest BCUT2D eigenvalue weighted by Crippen LogP contribution is 2.31. The summed E-state index contributed by atoms with van der Waals surface area (Å²) in [5.74, 6) is 2.13. The number of nitrogens with one attached hydrogen (secondary N) is 3. The second-order valence-corrected chi connectivity index (χ2v) is 28.9. The minimum atomic E-state index is -0.849. The van der Waals surface area contributed by atoms with Crippen LogP contribution in [0.3, 0.4) is 0 Å². The molecule has 584 valence electrons. The van der Waals surface area contributed by atoms with E-state index in [1.54, 1.807) is 75.0 Å². The summed E-state index contributed by atoms with van der Waals surface area (Å²) in [6.45, 7) is 12.1. The minimum absolute atomic E-state index is 0.303. The maximum Gasteiger partial charge on any atom is 0.231 e. The number of anilines is 12. The molecular formula is C83H86F5N25O. The Morgan fingerprint density at radius 1 is 0.368 bits per heavy atom. The number of aryl methyl sites for hydroxylation is 4. The summed E-state index contributed by atoms with van der Waals surface area (Å²) in [5, 5.41) is 19.5. The molecular weight excluding hydrogens is 1460 g/mol. The van der Waals surface area contributed by atoms with E-state index in [1.165, 1.54) is 84.6 Å². The van der Waals surface area contributed by atoms with Crippen molar-refractivity contribution in [3.8, 4) is 0 Å². The van der Waals surface area contributed by atoms with Gasteiger partial charge in [-0.1, -0.05) is 48.5 Å². The first-order valence-electron chi connectivity index (χ1n) is 38.3. The van der Waals surface area contributed by atoms with E-state index in [0.29, 0.717) is 130 Å². The van der Waals surface area contributed by atoms with Crippen molar-refractivity contribution < 1.29 is 27.1 Å². The monoisotopic (exact) mass is 1540 g/mol. The molecule has 0 radical (unpaired) electrons.